The summed E-state index contributed by atoms with van der Waals surface area (Å²) in [6.07, 6.45) is 0. The third-order valence-electron chi connectivity index (χ3n) is 1.54. The third kappa shape index (κ3) is 2.70. The van der Waals surface area contributed by atoms with Gasteiger partial charge in [0.05, 0.1) is 14.2 Å². The summed E-state index contributed by atoms with van der Waals surface area (Å²) in [4.78, 5) is 0. The molecule has 16 heavy (non-hydrogen) atoms. The van der Waals surface area contributed by atoms with Gasteiger partial charge in [-0.15, -0.1) is 22.7 Å². The molecule has 8 heteroatoms. The van der Waals surface area contributed by atoms with E-state index in [1.165, 1.54) is 14.2 Å². The first-order chi connectivity index (χ1) is 7.51. The second-order valence-electron chi connectivity index (χ2n) is 2.46. The summed E-state index contributed by atoms with van der Waals surface area (Å²) in [7, 11) is 2.62. The van der Waals surface area contributed by atoms with Crippen LogP contribution in [0.2, 0.25) is 0 Å². The van der Waals surface area contributed by atoms with E-state index in [1.807, 2.05) is 0 Å². The van der Waals surface area contributed by atoms with Crippen LogP contribution < -0.4 is 9.06 Å². The van der Waals surface area contributed by atoms with Crippen molar-refractivity contribution < 1.29 is 19.7 Å². The molecule has 1 heterocycles. The zero-order valence-electron chi connectivity index (χ0n) is 8.34. The lowest BCUT2D eigenvalue weighted by Crippen LogP contribution is -2.26. The molecule has 0 aromatic carbocycles. The van der Waals surface area contributed by atoms with Crippen LogP contribution in [-0.2, 0) is 9.47 Å². The Balaban J connectivity index is 3.96. The maximum atomic E-state index is 9.52. The van der Waals surface area contributed by atoms with E-state index in [9.17, 15) is 10.2 Å². The maximum absolute atomic E-state index is 9.52. The Bertz CT molecular complexity index is 557. The molecule has 0 radical (unpaired) electrons. The first-order valence-electron chi connectivity index (χ1n) is 3.90. The highest BCUT2D eigenvalue weighted by Gasteiger charge is 2.04. The van der Waals surface area contributed by atoms with Crippen molar-refractivity contribution in [3.8, 4) is 0 Å². The number of aliphatic hydroxyl groups is 2. The molecular formula is C8H8O4S4. The van der Waals surface area contributed by atoms with Gasteiger partial charge in [0.25, 0.3) is 11.9 Å². The number of aliphatic hydroxyl groups excluding tert-OH is 2. The van der Waals surface area contributed by atoms with Crippen molar-refractivity contribution in [1.29, 1.82) is 0 Å². The predicted octanol–water partition coefficient (Wildman–Crippen LogP) is 1.81. The standard InChI is InChI=1S/C8H8O4S4/c1-11-5(9)3-4(6(10)12-2)16-8(14)7(13)15-3/h9-10H,1-2H3/b5-3+,6-4+. The Morgan fingerprint density at radius 1 is 0.938 bits per heavy atom. The minimum atomic E-state index is -0.332. The number of hydrogen-bond acceptors (Lipinski definition) is 8. The van der Waals surface area contributed by atoms with Gasteiger partial charge in [-0.3, -0.25) is 0 Å². The summed E-state index contributed by atoms with van der Waals surface area (Å²) in [6, 6.07) is 0. The van der Waals surface area contributed by atoms with Gasteiger partial charge in [0.15, 0.2) is 0 Å². The Kier molecular flexibility index (Phi) is 4.66. The van der Waals surface area contributed by atoms with Crippen LogP contribution in [0, 0.1) is 7.65 Å². The van der Waals surface area contributed by atoms with E-state index >= 15 is 0 Å². The first kappa shape index (κ1) is 13.4. The zero-order valence-corrected chi connectivity index (χ0v) is 11.6. The number of methoxy groups -OCH3 is 2. The molecule has 0 saturated carbocycles. The molecule has 0 saturated heterocycles. The molecule has 0 atom stereocenters. The van der Waals surface area contributed by atoms with Gasteiger partial charge in [-0.1, -0.05) is 24.4 Å². The summed E-state index contributed by atoms with van der Waals surface area (Å²) in [5, 5.41) is 19.0. The van der Waals surface area contributed by atoms with Gasteiger partial charge < -0.3 is 19.7 Å². The molecule has 0 aliphatic carbocycles. The molecule has 0 unspecified atom stereocenters. The van der Waals surface area contributed by atoms with Gasteiger partial charge >= 0.3 is 0 Å². The van der Waals surface area contributed by atoms with Crippen LogP contribution in [0.5, 0.6) is 0 Å². The Labute approximate surface area is 109 Å². The number of ether oxygens (including phenoxy) is 2. The third-order valence-corrected chi connectivity index (χ3v) is 5.04. The predicted molar refractivity (Wildman–Crippen MR) is 69.2 cm³/mol. The average molecular weight is 296 g/mol. The van der Waals surface area contributed by atoms with Gasteiger partial charge in [-0.2, -0.15) is 0 Å². The highest BCUT2D eigenvalue weighted by Crippen LogP contribution is 2.03. The Hall–Kier alpha value is -0.700. The van der Waals surface area contributed by atoms with Crippen LogP contribution in [0.25, 0.3) is 11.9 Å². The quantitative estimate of drug-likeness (QED) is 0.812. The highest BCUT2D eigenvalue weighted by atomic mass is 32.2. The lowest BCUT2D eigenvalue weighted by atomic mass is 10.6. The number of rotatable bonds is 2. The molecular weight excluding hydrogens is 288 g/mol. The highest BCUT2D eigenvalue weighted by molar-refractivity contribution is 7.76. The maximum Gasteiger partial charge on any atom is 0.296 e. The Morgan fingerprint density at radius 3 is 1.50 bits per heavy atom. The second kappa shape index (κ2) is 5.58. The largest absolute Gasteiger partial charge is 0.480 e. The molecule has 0 spiro atoms. The van der Waals surface area contributed by atoms with E-state index in [0.29, 0.717) is 16.7 Å². The molecule has 1 aromatic heterocycles. The smallest absolute Gasteiger partial charge is 0.296 e. The first-order valence-corrected chi connectivity index (χ1v) is 6.35. The fraction of sp³-hybridized carbons (Fsp3) is 0.250. The summed E-state index contributed by atoms with van der Waals surface area (Å²) in [5.74, 6) is -0.665. The van der Waals surface area contributed by atoms with Crippen LogP contribution in [0.4, 0.5) is 0 Å². The SMILES string of the molecule is CO/C(O)=c1/sc(=S)c(=S)s/c1=C(\O)OC. The van der Waals surface area contributed by atoms with E-state index in [1.54, 1.807) is 0 Å². The summed E-state index contributed by atoms with van der Waals surface area (Å²) >= 11 is 12.1. The monoisotopic (exact) mass is 296 g/mol. The van der Waals surface area contributed by atoms with Gasteiger partial charge in [0.2, 0.25) is 0 Å². The van der Waals surface area contributed by atoms with Crippen molar-refractivity contribution in [1.82, 2.24) is 0 Å². The van der Waals surface area contributed by atoms with Crippen molar-refractivity contribution in [2.24, 2.45) is 0 Å². The summed E-state index contributed by atoms with van der Waals surface area (Å²) in [5.41, 5.74) is 0. The summed E-state index contributed by atoms with van der Waals surface area (Å²) in [6.45, 7) is 0. The van der Waals surface area contributed by atoms with Crippen LogP contribution in [0.3, 0.4) is 0 Å². The molecule has 1 aromatic rings. The molecule has 88 valence electrons. The molecule has 2 N–H and O–H groups in total. The van der Waals surface area contributed by atoms with Gasteiger partial charge in [-0.05, 0) is 0 Å². The Morgan fingerprint density at radius 2 is 1.25 bits per heavy atom. The zero-order chi connectivity index (χ0) is 12.3. The van der Waals surface area contributed by atoms with Gasteiger partial charge in [0, 0.05) is 0 Å². The van der Waals surface area contributed by atoms with Crippen molar-refractivity contribution in [2.75, 3.05) is 14.2 Å². The molecule has 1 rings (SSSR count). The fourth-order valence-electron chi connectivity index (χ4n) is 0.828. The molecule has 0 fully saturated rings. The van der Waals surface area contributed by atoms with Crippen LogP contribution in [0.1, 0.15) is 0 Å². The molecule has 0 aliphatic rings. The van der Waals surface area contributed by atoms with E-state index in [-0.39, 0.29) is 11.9 Å². The molecule has 0 bridgehead atoms. The van der Waals surface area contributed by atoms with Crippen molar-refractivity contribution in [3.05, 3.63) is 16.7 Å². The number of hydrogen-bond donors (Lipinski definition) is 2. The average Bonchev–Trinajstić information content (AvgIpc) is 2.30. The minimum Gasteiger partial charge on any atom is -0.480 e. The lowest BCUT2D eigenvalue weighted by Gasteiger charge is -1.99. The molecule has 0 amide bonds. The van der Waals surface area contributed by atoms with Crippen molar-refractivity contribution >= 4 is 59.0 Å². The van der Waals surface area contributed by atoms with Gasteiger partial charge in [0.1, 0.15) is 16.7 Å². The van der Waals surface area contributed by atoms with Crippen LogP contribution >= 0.6 is 47.1 Å². The topological polar surface area (TPSA) is 58.9 Å². The fourth-order valence-corrected chi connectivity index (χ4v) is 3.32. The molecule has 0 aliphatic heterocycles. The van der Waals surface area contributed by atoms with E-state index in [0.717, 1.165) is 22.7 Å². The van der Waals surface area contributed by atoms with Crippen LogP contribution in [0.15, 0.2) is 0 Å². The summed E-state index contributed by atoms with van der Waals surface area (Å²) < 4.78 is 10.9. The second-order valence-corrected chi connectivity index (χ2v) is 5.83. The van der Waals surface area contributed by atoms with Crippen molar-refractivity contribution in [2.45, 2.75) is 0 Å². The lowest BCUT2D eigenvalue weighted by molar-refractivity contribution is 0.226. The minimum absolute atomic E-state index is 0.297. The van der Waals surface area contributed by atoms with Crippen LogP contribution in [-0.4, -0.2) is 24.4 Å². The molecule has 4 nitrogen and oxygen atoms in total. The normalized spacial score (nSPS) is 14.1. The van der Waals surface area contributed by atoms with E-state index < -0.39 is 0 Å². The van der Waals surface area contributed by atoms with E-state index in [4.69, 9.17) is 33.9 Å². The van der Waals surface area contributed by atoms with Gasteiger partial charge in [-0.25, -0.2) is 0 Å². The van der Waals surface area contributed by atoms with E-state index in [2.05, 4.69) is 0 Å². The van der Waals surface area contributed by atoms with Crippen molar-refractivity contribution in [3.63, 3.8) is 0 Å².